The number of nitrogens with zero attached hydrogens (tertiary/aromatic N) is 2. The maximum atomic E-state index is 12.6. The first-order valence-corrected chi connectivity index (χ1v) is 7.44. The van der Waals surface area contributed by atoms with Crippen molar-refractivity contribution in [1.82, 2.24) is 9.80 Å². The van der Waals surface area contributed by atoms with E-state index in [1.807, 2.05) is 0 Å². The normalized spacial score (nSPS) is 11.4. The lowest BCUT2D eigenvalue weighted by molar-refractivity contribution is -0.146. The van der Waals surface area contributed by atoms with E-state index >= 15 is 0 Å². The molecule has 0 unspecified atom stereocenters. The van der Waals surface area contributed by atoms with Gasteiger partial charge in [-0.2, -0.15) is 13.2 Å². The molecule has 0 radical (unpaired) electrons. The van der Waals surface area contributed by atoms with Gasteiger partial charge in [0.2, 0.25) is 5.91 Å². The van der Waals surface area contributed by atoms with Crippen LogP contribution in [-0.4, -0.2) is 55.0 Å². The Bertz CT molecular complexity index is 524. The number of carbonyl (C=O) groups excluding carboxylic acids is 2. The van der Waals surface area contributed by atoms with Gasteiger partial charge in [-0.1, -0.05) is 0 Å². The Morgan fingerprint density at radius 3 is 2.29 bits per heavy atom. The zero-order chi connectivity index (χ0) is 16.4. The fraction of sp³-hybridized carbons (Fsp3) is 0.500. The summed E-state index contributed by atoms with van der Waals surface area (Å²) in [7, 11) is 2.84. The lowest BCUT2D eigenvalue weighted by atomic mass is 10.3. The second-order valence-electron chi connectivity index (χ2n) is 4.63. The van der Waals surface area contributed by atoms with E-state index in [4.69, 9.17) is 0 Å². The van der Waals surface area contributed by atoms with Crippen molar-refractivity contribution in [3.63, 3.8) is 0 Å². The molecule has 4 nitrogen and oxygen atoms in total. The number of hydrogen-bond donors (Lipinski definition) is 0. The smallest absolute Gasteiger partial charge is 0.347 e. The molecule has 0 saturated carbocycles. The average Bonchev–Trinajstić information content (AvgIpc) is 2.66. The van der Waals surface area contributed by atoms with Crippen LogP contribution >= 0.6 is 27.3 Å². The topological polar surface area (TPSA) is 40.6 Å². The molecule has 0 spiro atoms. The number of aryl methyl sites for hydroxylation is 1. The molecule has 0 saturated heterocycles. The first-order valence-electron chi connectivity index (χ1n) is 5.83. The molecule has 2 amide bonds. The van der Waals surface area contributed by atoms with Crippen molar-refractivity contribution in [1.29, 1.82) is 0 Å². The zero-order valence-corrected chi connectivity index (χ0v) is 14.0. The number of halogens is 4. The van der Waals surface area contributed by atoms with Gasteiger partial charge in [0.05, 0.1) is 8.66 Å². The number of likely N-dealkylation sites (N-methyl/N-ethyl adjacent to an activating group) is 1. The SMILES string of the molecule is Cc1cc(C(=O)N(CC(=O)N(C)C)CC(F)(F)F)sc1Br. The molecule has 0 N–H and O–H groups in total. The molecule has 118 valence electrons. The molecular weight excluding hydrogens is 373 g/mol. The van der Waals surface area contributed by atoms with Crippen LogP contribution in [0.25, 0.3) is 0 Å². The van der Waals surface area contributed by atoms with Crippen LogP contribution in [0.3, 0.4) is 0 Å². The van der Waals surface area contributed by atoms with Gasteiger partial charge < -0.3 is 9.80 Å². The van der Waals surface area contributed by atoms with E-state index in [0.29, 0.717) is 8.69 Å². The molecule has 1 heterocycles. The summed E-state index contributed by atoms with van der Waals surface area (Å²) < 4.78 is 38.5. The lowest BCUT2D eigenvalue weighted by Gasteiger charge is -2.24. The minimum atomic E-state index is -4.56. The predicted molar refractivity (Wildman–Crippen MR) is 77.4 cm³/mol. The van der Waals surface area contributed by atoms with Crippen LogP contribution in [0, 0.1) is 6.92 Å². The van der Waals surface area contributed by atoms with Crippen molar-refractivity contribution in [2.45, 2.75) is 13.1 Å². The standard InChI is InChI=1S/C12H14BrF3N2O2S/c1-7-4-8(21-10(7)13)11(20)18(6-12(14,15)16)5-9(19)17(2)3/h4H,5-6H2,1-3H3. The van der Waals surface area contributed by atoms with Crippen LogP contribution in [-0.2, 0) is 4.79 Å². The van der Waals surface area contributed by atoms with Crippen molar-refractivity contribution in [3.8, 4) is 0 Å². The van der Waals surface area contributed by atoms with E-state index in [1.54, 1.807) is 6.92 Å². The minimum absolute atomic E-state index is 0.162. The molecular formula is C12H14BrF3N2O2S. The van der Waals surface area contributed by atoms with E-state index < -0.39 is 31.1 Å². The molecule has 21 heavy (non-hydrogen) atoms. The molecule has 1 rings (SSSR count). The van der Waals surface area contributed by atoms with Crippen molar-refractivity contribution < 1.29 is 22.8 Å². The van der Waals surface area contributed by atoms with E-state index in [0.717, 1.165) is 21.8 Å². The van der Waals surface area contributed by atoms with Crippen LogP contribution in [0.1, 0.15) is 15.2 Å². The molecule has 1 aromatic rings. The summed E-state index contributed by atoms with van der Waals surface area (Å²) in [5.74, 6) is -1.37. The van der Waals surface area contributed by atoms with Gasteiger partial charge in [0.25, 0.3) is 5.91 Å². The molecule has 0 atom stereocenters. The fourth-order valence-electron chi connectivity index (χ4n) is 1.44. The Morgan fingerprint density at radius 2 is 1.90 bits per heavy atom. The summed E-state index contributed by atoms with van der Waals surface area (Å²) in [6.07, 6.45) is -4.56. The fourth-order valence-corrected chi connectivity index (χ4v) is 2.94. The van der Waals surface area contributed by atoms with Gasteiger partial charge in [0, 0.05) is 14.1 Å². The van der Waals surface area contributed by atoms with Gasteiger partial charge >= 0.3 is 6.18 Å². The third-order valence-corrected chi connectivity index (χ3v) is 4.67. The number of carbonyl (C=O) groups is 2. The van der Waals surface area contributed by atoms with Gasteiger partial charge in [-0.15, -0.1) is 11.3 Å². The van der Waals surface area contributed by atoms with Crippen LogP contribution in [0.15, 0.2) is 9.85 Å². The highest BCUT2D eigenvalue weighted by Gasteiger charge is 2.35. The van der Waals surface area contributed by atoms with E-state index in [2.05, 4.69) is 15.9 Å². The second-order valence-corrected chi connectivity index (χ2v) is 7.00. The maximum Gasteiger partial charge on any atom is 0.406 e. The zero-order valence-electron chi connectivity index (χ0n) is 11.6. The molecule has 9 heteroatoms. The number of hydrogen-bond acceptors (Lipinski definition) is 3. The highest BCUT2D eigenvalue weighted by atomic mass is 79.9. The van der Waals surface area contributed by atoms with E-state index in [9.17, 15) is 22.8 Å². The quantitative estimate of drug-likeness (QED) is 0.797. The number of alkyl halides is 3. The minimum Gasteiger partial charge on any atom is -0.347 e. The molecule has 0 bridgehead atoms. The molecule has 0 fully saturated rings. The Hall–Kier alpha value is -1.09. The summed E-state index contributed by atoms with van der Waals surface area (Å²) in [6, 6.07) is 1.50. The summed E-state index contributed by atoms with van der Waals surface area (Å²) in [5, 5.41) is 0. The average molecular weight is 387 g/mol. The number of thiophene rings is 1. The van der Waals surface area contributed by atoms with Crippen molar-refractivity contribution in [2.75, 3.05) is 27.2 Å². The number of amides is 2. The van der Waals surface area contributed by atoms with Crippen LogP contribution < -0.4 is 0 Å². The monoisotopic (exact) mass is 386 g/mol. The van der Waals surface area contributed by atoms with Crippen LogP contribution in [0.2, 0.25) is 0 Å². The van der Waals surface area contributed by atoms with Gasteiger partial charge in [-0.3, -0.25) is 9.59 Å². The molecule has 0 aliphatic carbocycles. The largest absolute Gasteiger partial charge is 0.406 e. The summed E-state index contributed by atoms with van der Waals surface area (Å²) in [6.45, 7) is -0.337. The van der Waals surface area contributed by atoms with Gasteiger partial charge in [0.1, 0.15) is 13.1 Å². The third kappa shape index (κ3) is 5.31. The highest BCUT2D eigenvalue weighted by molar-refractivity contribution is 9.11. The summed E-state index contributed by atoms with van der Waals surface area (Å²) in [4.78, 5) is 25.6. The van der Waals surface area contributed by atoms with Gasteiger partial charge in [-0.25, -0.2) is 0 Å². The highest BCUT2D eigenvalue weighted by Crippen LogP contribution is 2.29. The van der Waals surface area contributed by atoms with Crippen molar-refractivity contribution in [2.24, 2.45) is 0 Å². The summed E-state index contributed by atoms with van der Waals surface area (Å²) in [5.41, 5.74) is 0.759. The Morgan fingerprint density at radius 1 is 1.33 bits per heavy atom. The van der Waals surface area contributed by atoms with Crippen molar-refractivity contribution in [3.05, 3.63) is 20.3 Å². The van der Waals surface area contributed by atoms with Gasteiger partial charge in [-0.05, 0) is 34.5 Å². The Balaban J connectivity index is 2.99. The predicted octanol–water partition coefficient (Wildman–Crippen LogP) is 2.91. The van der Waals surface area contributed by atoms with Gasteiger partial charge in [0.15, 0.2) is 0 Å². The van der Waals surface area contributed by atoms with E-state index in [1.165, 1.54) is 20.2 Å². The summed E-state index contributed by atoms with van der Waals surface area (Å²) >= 11 is 4.26. The van der Waals surface area contributed by atoms with Crippen LogP contribution in [0.4, 0.5) is 13.2 Å². The Kier molecular flexibility index (Phi) is 5.80. The Labute approximate surface area is 132 Å². The second kappa shape index (κ2) is 6.78. The first kappa shape index (κ1) is 18.0. The number of rotatable bonds is 4. The molecule has 0 aliphatic rings. The maximum absolute atomic E-state index is 12.6. The third-order valence-electron chi connectivity index (χ3n) is 2.55. The van der Waals surface area contributed by atoms with Crippen molar-refractivity contribution >= 4 is 39.1 Å². The first-order chi connectivity index (χ1) is 9.51. The molecule has 0 aromatic carbocycles. The lowest BCUT2D eigenvalue weighted by Crippen LogP contribution is -2.44. The molecule has 0 aliphatic heterocycles. The van der Waals surface area contributed by atoms with E-state index in [-0.39, 0.29) is 4.88 Å². The molecule has 1 aromatic heterocycles. The van der Waals surface area contributed by atoms with Crippen LogP contribution in [0.5, 0.6) is 0 Å².